The Kier molecular flexibility index (Phi) is 7.33. The molecule has 0 rings (SSSR count). The van der Waals surface area contributed by atoms with Crippen LogP contribution in [0, 0.1) is 5.92 Å². The van der Waals surface area contributed by atoms with E-state index in [0.29, 0.717) is 13.1 Å². The van der Waals surface area contributed by atoms with Gasteiger partial charge < -0.3 is 4.74 Å². The summed E-state index contributed by atoms with van der Waals surface area (Å²) in [6.07, 6.45) is 0.0624. The zero-order chi connectivity index (χ0) is 13.5. The van der Waals surface area contributed by atoms with E-state index in [-0.39, 0.29) is 18.9 Å². The molecule has 0 saturated heterocycles. The van der Waals surface area contributed by atoms with E-state index in [2.05, 4.69) is 9.46 Å². The predicted octanol–water partition coefficient (Wildman–Crippen LogP) is 0.362. The van der Waals surface area contributed by atoms with Crippen LogP contribution in [0.1, 0.15) is 27.2 Å². The molecule has 1 N–H and O–H groups in total. The van der Waals surface area contributed by atoms with Crippen LogP contribution in [-0.2, 0) is 19.7 Å². The number of esters is 1. The molecule has 0 saturated carbocycles. The van der Waals surface area contributed by atoms with Crippen LogP contribution in [0.15, 0.2) is 0 Å². The van der Waals surface area contributed by atoms with Crippen molar-refractivity contribution in [2.45, 2.75) is 27.2 Å². The van der Waals surface area contributed by atoms with Gasteiger partial charge in [-0.05, 0) is 5.92 Å². The normalized spacial score (nSPS) is 12.1. The molecule has 0 amide bonds. The van der Waals surface area contributed by atoms with E-state index >= 15 is 0 Å². The summed E-state index contributed by atoms with van der Waals surface area (Å²) in [4.78, 5) is 11.0. The SMILES string of the molecule is CCN(CCC(=O)OC)S(=O)(=O)NCC(C)C. The highest BCUT2D eigenvalue weighted by atomic mass is 32.2. The van der Waals surface area contributed by atoms with Crippen molar-refractivity contribution in [1.29, 1.82) is 0 Å². The zero-order valence-electron chi connectivity index (χ0n) is 10.9. The first-order valence-electron chi connectivity index (χ1n) is 5.65. The summed E-state index contributed by atoms with van der Waals surface area (Å²) < 4.78 is 31.9. The Balaban J connectivity index is 4.37. The Morgan fingerprint density at radius 2 is 2.00 bits per heavy atom. The second-order valence-corrected chi connectivity index (χ2v) is 5.82. The number of carbonyl (C=O) groups excluding carboxylic acids is 1. The van der Waals surface area contributed by atoms with Gasteiger partial charge in [0.05, 0.1) is 13.5 Å². The van der Waals surface area contributed by atoms with E-state index in [1.54, 1.807) is 6.92 Å². The molecule has 0 aliphatic rings. The van der Waals surface area contributed by atoms with Crippen LogP contribution in [-0.4, -0.2) is 45.4 Å². The van der Waals surface area contributed by atoms with Gasteiger partial charge in [-0.3, -0.25) is 4.79 Å². The summed E-state index contributed by atoms with van der Waals surface area (Å²) in [6, 6.07) is 0. The third-order valence-corrected chi connectivity index (χ3v) is 3.81. The molecule has 0 atom stereocenters. The summed E-state index contributed by atoms with van der Waals surface area (Å²) in [5.74, 6) is -0.174. The van der Waals surface area contributed by atoms with Crippen LogP contribution in [0.2, 0.25) is 0 Å². The van der Waals surface area contributed by atoms with E-state index in [1.165, 1.54) is 11.4 Å². The van der Waals surface area contributed by atoms with E-state index < -0.39 is 16.2 Å². The molecule has 0 radical (unpaired) electrons. The zero-order valence-corrected chi connectivity index (χ0v) is 11.7. The third kappa shape index (κ3) is 6.60. The molecule has 0 aliphatic carbocycles. The van der Waals surface area contributed by atoms with Crippen molar-refractivity contribution >= 4 is 16.2 Å². The summed E-state index contributed by atoms with van der Waals surface area (Å²) in [5, 5.41) is 0. The largest absolute Gasteiger partial charge is 0.469 e. The number of rotatable bonds is 8. The number of ether oxygens (including phenoxy) is 1. The molecule has 0 aliphatic heterocycles. The van der Waals surface area contributed by atoms with Crippen molar-refractivity contribution in [3.63, 3.8) is 0 Å². The van der Waals surface area contributed by atoms with Crippen LogP contribution in [0.3, 0.4) is 0 Å². The number of hydrogen-bond acceptors (Lipinski definition) is 4. The number of hydrogen-bond donors (Lipinski definition) is 1. The summed E-state index contributed by atoms with van der Waals surface area (Å²) in [6.45, 7) is 6.42. The van der Waals surface area contributed by atoms with Gasteiger partial charge in [-0.1, -0.05) is 20.8 Å². The first-order valence-corrected chi connectivity index (χ1v) is 7.09. The average Bonchev–Trinajstić information content (AvgIpc) is 2.26. The van der Waals surface area contributed by atoms with Crippen molar-refractivity contribution in [1.82, 2.24) is 9.03 Å². The van der Waals surface area contributed by atoms with E-state index in [1.807, 2.05) is 13.8 Å². The minimum atomic E-state index is -3.50. The van der Waals surface area contributed by atoms with Gasteiger partial charge >= 0.3 is 5.97 Å². The number of nitrogens with one attached hydrogen (secondary N) is 1. The maximum Gasteiger partial charge on any atom is 0.306 e. The molecular formula is C10H22N2O4S. The molecular weight excluding hydrogens is 244 g/mol. The number of nitrogens with zero attached hydrogens (tertiary/aromatic N) is 1. The van der Waals surface area contributed by atoms with E-state index in [0.717, 1.165) is 0 Å². The first-order chi connectivity index (χ1) is 7.83. The molecule has 0 fully saturated rings. The summed E-state index contributed by atoms with van der Waals surface area (Å²) >= 11 is 0. The first kappa shape index (κ1) is 16.3. The molecule has 0 spiro atoms. The quantitative estimate of drug-likeness (QED) is 0.644. The molecule has 0 aromatic rings. The summed E-state index contributed by atoms with van der Waals surface area (Å²) in [7, 11) is -2.21. The highest BCUT2D eigenvalue weighted by Crippen LogP contribution is 2.01. The minimum absolute atomic E-state index is 0.0624. The van der Waals surface area contributed by atoms with Crippen LogP contribution >= 0.6 is 0 Å². The van der Waals surface area contributed by atoms with Crippen LogP contribution < -0.4 is 4.72 Å². The second-order valence-electron chi connectivity index (χ2n) is 4.07. The molecule has 0 heterocycles. The Morgan fingerprint density at radius 3 is 2.41 bits per heavy atom. The Morgan fingerprint density at radius 1 is 1.41 bits per heavy atom. The molecule has 0 bridgehead atoms. The monoisotopic (exact) mass is 266 g/mol. The molecule has 0 unspecified atom stereocenters. The van der Waals surface area contributed by atoms with Gasteiger partial charge in [0.25, 0.3) is 10.2 Å². The minimum Gasteiger partial charge on any atom is -0.469 e. The standard InChI is InChI=1S/C10H22N2O4S/c1-5-12(7-6-10(13)16-4)17(14,15)11-8-9(2)3/h9,11H,5-8H2,1-4H3. The van der Waals surface area contributed by atoms with Crippen LogP contribution in [0.4, 0.5) is 0 Å². The van der Waals surface area contributed by atoms with Gasteiger partial charge in [0, 0.05) is 19.6 Å². The third-order valence-electron chi connectivity index (χ3n) is 2.16. The topological polar surface area (TPSA) is 75.7 Å². The van der Waals surface area contributed by atoms with Crippen molar-refractivity contribution < 1.29 is 17.9 Å². The molecule has 102 valence electrons. The number of methoxy groups -OCH3 is 1. The fraction of sp³-hybridized carbons (Fsp3) is 0.900. The van der Waals surface area contributed by atoms with Gasteiger partial charge in [-0.15, -0.1) is 0 Å². The van der Waals surface area contributed by atoms with Gasteiger partial charge in [0.2, 0.25) is 0 Å². The molecule has 7 heteroatoms. The van der Waals surface area contributed by atoms with E-state index in [9.17, 15) is 13.2 Å². The van der Waals surface area contributed by atoms with Gasteiger partial charge in [-0.25, -0.2) is 4.72 Å². The maximum absolute atomic E-state index is 11.8. The lowest BCUT2D eigenvalue weighted by atomic mass is 10.2. The van der Waals surface area contributed by atoms with Crippen molar-refractivity contribution in [3.8, 4) is 0 Å². The predicted molar refractivity (Wildman–Crippen MR) is 65.6 cm³/mol. The average molecular weight is 266 g/mol. The summed E-state index contributed by atoms with van der Waals surface area (Å²) in [5.41, 5.74) is 0. The molecule has 17 heavy (non-hydrogen) atoms. The Hall–Kier alpha value is -0.660. The number of carbonyl (C=O) groups is 1. The van der Waals surface area contributed by atoms with E-state index in [4.69, 9.17) is 0 Å². The fourth-order valence-corrected chi connectivity index (χ4v) is 2.53. The van der Waals surface area contributed by atoms with Crippen molar-refractivity contribution in [2.75, 3.05) is 26.7 Å². The Bertz CT molecular complexity index is 327. The fourth-order valence-electron chi connectivity index (χ4n) is 1.13. The highest BCUT2D eigenvalue weighted by Gasteiger charge is 2.20. The maximum atomic E-state index is 11.8. The van der Waals surface area contributed by atoms with Gasteiger partial charge in [0.1, 0.15) is 0 Å². The van der Waals surface area contributed by atoms with Crippen LogP contribution in [0.5, 0.6) is 0 Å². The van der Waals surface area contributed by atoms with Gasteiger partial charge in [0.15, 0.2) is 0 Å². The molecule has 6 nitrogen and oxygen atoms in total. The van der Waals surface area contributed by atoms with Gasteiger partial charge in [-0.2, -0.15) is 12.7 Å². The highest BCUT2D eigenvalue weighted by molar-refractivity contribution is 7.87. The lowest BCUT2D eigenvalue weighted by Gasteiger charge is -2.20. The lowest BCUT2D eigenvalue weighted by molar-refractivity contribution is -0.140. The lowest BCUT2D eigenvalue weighted by Crippen LogP contribution is -2.42. The second kappa shape index (κ2) is 7.62. The van der Waals surface area contributed by atoms with Crippen LogP contribution in [0.25, 0.3) is 0 Å². The molecule has 0 aromatic heterocycles. The Labute approximate surface area is 104 Å². The smallest absolute Gasteiger partial charge is 0.306 e. The van der Waals surface area contributed by atoms with Crippen molar-refractivity contribution in [3.05, 3.63) is 0 Å². The van der Waals surface area contributed by atoms with Crippen molar-refractivity contribution in [2.24, 2.45) is 5.92 Å². The molecule has 0 aromatic carbocycles.